The lowest BCUT2D eigenvalue weighted by molar-refractivity contribution is 0.153. The van der Waals surface area contributed by atoms with Gasteiger partial charge in [-0.15, -0.1) is 0 Å². The van der Waals surface area contributed by atoms with Crippen molar-refractivity contribution in [1.29, 1.82) is 0 Å². The minimum Gasteiger partial charge on any atom is -0.316 e. The van der Waals surface area contributed by atoms with E-state index in [1.165, 1.54) is 51.7 Å². The summed E-state index contributed by atoms with van der Waals surface area (Å²) in [6.07, 6.45) is 7.12. The van der Waals surface area contributed by atoms with Crippen molar-refractivity contribution in [3.8, 4) is 0 Å². The number of hydrogen-bond acceptors (Lipinski definition) is 2. The molecule has 2 aliphatic rings. The molecule has 1 aliphatic carbocycles. The summed E-state index contributed by atoms with van der Waals surface area (Å²) < 4.78 is 0. The molecule has 1 saturated carbocycles. The average molecular weight is 210 g/mol. The first-order valence-corrected chi connectivity index (χ1v) is 6.66. The van der Waals surface area contributed by atoms with Gasteiger partial charge in [-0.3, -0.25) is 0 Å². The van der Waals surface area contributed by atoms with Crippen LogP contribution in [0.3, 0.4) is 0 Å². The monoisotopic (exact) mass is 210 g/mol. The second-order valence-electron chi connectivity index (χ2n) is 5.71. The van der Waals surface area contributed by atoms with Crippen LogP contribution in [0.2, 0.25) is 0 Å². The van der Waals surface area contributed by atoms with Crippen LogP contribution < -0.4 is 5.32 Å². The fourth-order valence-electron chi connectivity index (χ4n) is 3.11. The first-order chi connectivity index (χ1) is 7.25. The van der Waals surface area contributed by atoms with E-state index in [1.54, 1.807) is 0 Å². The zero-order chi connectivity index (χ0) is 10.7. The van der Waals surface area contributed by atoms with E-state index in [4.69, 9.17) is 0 Å². The highest BCUT2D eigenvalue weighted by Gasteiger charge is 2.24. The molecule has 0 aromatic heterocycles. The smallest absolute Gasteiger partial charge is 0.00925 e. The standard InChI is InChI=1S/C13H26N2/c1-11-3-5-13(6-4-11)15(2)10-12-7-8-14-9-12/h11-14H,3-10H2,1-2H3. The van der Waals surface area contributed by atoms with Gasteiger partial charge in [-0.1, -0.05) is 6.92 Å². The molecule has 1 N–H and O–H groups in total. The van der Waals surface area contributed by atoms with Gasteiger partial charge in [-0.2, -0.15) is 0 Å². The van der Waals surface area contributed by atoms with Crippen molar-refractivity contribution >= 4 is 0 Å². The normalized spacial score (nSPS) is 37.4. The molecule has 1 saturated heterocycles. The lowest BCUT2D eigenvalue weighted by Gasteiger charge is -2.34. The summed E-state index contributed by atoms with van der Waals surface area (Å²) in [7, 11) is 2.33. The van der Waals surface area contributed by atoms with Gasteiger partial charge in [-0.25, -0.2) is 0 Å². The molecule has 2 rings (SSSR count). The second-order valence-corrected chi connectivity index (χ2v) is 5.71. The van der Waals surface area contributed by atoms with E-state index < -0.39 is 0 Å². The predicted molar refractivity (Wildman–Crippen MR) is 65.0 cm³/mol. The predicted octanol–water partition coefficient (Wildman–Crippen LogP) is 2.11. The summed E-state index contributed by atoms with van der Waals surface area (Å²) in [5, 5.41) is 3.46. The van der Waals surface area contributed by atoms with E-state index in [2.05, 4.69) is 24.2 Å². The van der Waals surface area contributed by atoms with Crippen molar-refractivity contribution in [3.05, 3.63) is 0 Å². The van der Waals surface area contributed by atoms with Crippen LogP contribution in [0, 0.1) is 11.8 Å². The highest BCUT2D eigenvalue weighted by atomic mass is 15.1. The molecule has 2 fully saturated rings. The molecule has 1 aliphatic heterocycles. The summed E-state index contributed by atoms with van der Waals surface area (Å²) >= 11 is 0. The van der Waals surface area contributed by atoms with Crippen molar-refractivity contribution in [2.75, 3.05) is 26.7 Å². The molecule has 2 heteroatoms. The third-order valence-electron chi connectivity index (χ3n) is 4.32. The maximum atomic E-state index is 3.46. The van der Waals surface area contributed by atoms with E-state index in [0.29, 0.717) is 0 Å². The Hall–Kier alpha value is -0.0800. The molecule has 2 nitrogen and oxygen atoms in total. The Bertz CT molecular complexity index is 179. The fourth-order valence-corrected chi connectivity index (χ4v) is 3.11. The third-order valence-corrected chi connectivity index (χ3v) is 4.32. The summed E-state index contributed by atoms with van der Waals surface area (Å²) in [5.74, 6) is 1.89. The lowest BCUT2D eigenvalue weighted by Crippen LogP contribution is -2.38. The first kappa shape index (κ1) is 11.4. The van der Waals surface area contributed by atoms with Crippen LogP contribution in [0.15, 0.2) is 0 Å². The quantitative estimate of drug-likeness (QED) is 0.767. The van der Waals surface area contributed by atoms with Gasteiger partial charge in [0.1, 0.15) is 0 Å². The van der Waals surface area contributed by atoms with Crippen molar-refractivity contribution < 1.29 is 0 Å². The van der Waals surface area contributed by atoms with Crippen LogP contribution in [0.25, 0.3) is 0 Å². The number of nitrogens with zero attached hydrogens (tertiary/aromatic N) is 1. The van der Waals surface area contributed by atoms with Crippen molar-refractivity contribution in [3.63, 3.8) is 0 Å². The Morgan fingerprint density at radius 2 is 1.87 bits per heavy atom. The van der Waals surface area contributed by atoms with Gasteiger partial charge in [0.05, 0.1) is 0 Å². The molecule has 0 aromatic carbocycles. The molecule has 88 valence electrons. The number of nitrogens with one attached hydrogen (secondary N) is 1. The molecule has 1 unspecified atom stereocenters. The minimum absolute atomic E-state index is 0.877. The topological polar surface area (TPSA) is 15.3 Å². The van der Waals surface area contributed by atoms with Gasteiger partial charge in [0.15, 0.2) is 0 Å². The van der Waals surface area contributed by atoms with E-state index in [9.17, 15) is 0 Å². The van der Waals surface area contributed by atoms with Crippen LogP contribution in [-0.2, 0) is 0 Å². The van der Waals surface area contributed by atoms with Crippen molar-refractivity contribution in [1.82, 2.24) is 10.2 Å². The molecular formula is C13H26N2. The lowest BCUT2D eigenvalue weighted by atomic mass is 9.86. The zero-order valence-corrected chi connectivity index (χ0v) is 10.3. The van der Waals surface area contributed by atoms with Crippen LogP contribution >= 0.6 is 0 Å². The second kappa shape index (κ2) is 5.31. The summed E-state index contributed by atoms with van der Waals surface area (Å²) in [5.41, 5.74) is 0. The van der Waals surface area contributed by atoms with Crippen LogP contribution in [-0.4, -0.2) is 37.6 Å². The highest BCUT2D eigenvalue weighted by Crippen LogP contribution is 2.27. The molecule has 0 amide bonds. The molecular weight excluding hydrogens is 184 g/mol. The fraction of sp³-hybridized carbons (Fsp3) is 1.00. The zero-order valence-electron chi connectivity index (χ0n) is 10.3. The molecule has 1 atom stereocenters. The molecule has 0 spiro atoms. The Balaban J connectivity index is 1.72. The van der Waals surface area contributed by atoms with E-state index in [-0.39, 0.29) is 0 Å². The van der Waals surface area contributed by atoms with Gasteiger partial charge < -0.3 is 10.2 Å². The van der Waals surface area contributed by atoms with E-state index >= 15 is 0 Å². The van der Waals surface area contributed by atoms with Gasteiger partial charge in [-0.05, 0) is 64.1 Å². The van der Waals surface area contributed by atoms with Crippen LogP contribution in [0.4, 0.5) is 0 Å². The highest BCUT2D eigenvalue weighted by molar-refractivity contribution is 4.80. The van der Waals surface area contributed by atoms with Crippen LogP contribution in [0.5, 0.6) is 0 Å². The van der Waals surface area contributed by atoms with Crippen LogP contribution in [0.1, 0.15) is 39.0 Å². The number of hydrogen-bond donors (Lipinski definition) is 1. The largest absolute Gasteiger partial charge is 0.316 e. The Kier molecular flexibility index (Phi) is 4.04. The van der Waals surface area contributed by atoms with Crippen molar-refractivity contribution in [2.24, 2.45) is 11.8 Å². The summed E-state index contributed by atoms with van der Waals surface area (Å²) in [4.78, 5) is 2.63. The average Bonchev–Trinajstić information content (AvgIpc) is 2.71. The Morgan fingerprint density at radius 1 is 1.13 bits per heavy atom. The molecule has 0 bridgehead atoms. The van der Waals surface area contributed by atoms with E-state index in [0.717, 1.165) is 17.9 Å². The van der Waals surface area contributed by atoms with Gasteiger partial charge in [0, 0.05) is 12.6 Å². The van der Waals surface area contributed by atoms with Gasteiger partial charge in [0.2, 0.25) is 0 Å². The molecule has 0 aromatic rings. The van der Waals surface area contributed by atoms with Gasteiger partial charge >= 0.3 is 0 Å². The van der Waals surface area contributed by atoms with Crippen molar-refractivity contribution in [2.45, 2.75) is 45.1 Å². The maximum Gasteiger partial charge on any atom is 0.00925 e. The molecule has 0 radical (unpaired) electrons. The SMILES string of the molecule is CC1CCC(N(C)CC2CCNC2)CC1. The Labute approximate surface area is 94.4 Å². The first-order valence-electron chi connectivity index (χ1n) is 6.66. The Morgan fingerprint density at radius 3 is 2.47 bits per heavy atom. The minimum atomic E-state index is 0.877. The number of rotatable bonds is 3. The van der Waals surface area contributed by atoms with E-state index in [1.807, 2.05) is 0 Å². The van der Waals surface area contributed by atoms with Gasteiger partial charge in [0.25, 0.3) is 0 Å². The summed E-state index contributed by atoms with van der Waals surface area (Å²) in [6, 6.07) is 0.877. The molecule has 15 heavy (non-hydrogen) atoms. The maximum absolute atomic E-state index is 3.46. The third kappa shape index (κ3) is 3.18. The summed E-state index contributed by atoms with van der Waals surface area (Å²) in [6.45, 7) is 6.19. The molecule has 1 heterocycles.